The van der Waals surface area contributed by atoms with Crippen LogP contribution in [0.5, 0.6) is 0 Å². The summed E-state index contributed by atoms with van der Waals surface area (Å²) in [6.45, 7) is 0. The first-order valence-electron chi connectivity index (χ1n) is 15.7. The molecule has 8 bridgehead atoms. The molecule has 0 saturated carbocycles. The number of nitrogens with zero attached hydrogens (tertiary/aromatic N) is 2. The number of hydrogen-bond donors (Lipinski definition) is 2. The van der Waals surface area contributed by atoms with Gasteiger partial charge in [0.2, 0.25) is 0 Å². The highest BCUT2D eigenvalue weighted by Gasteiger charge is 2.17. The summed E-state index contributed by atoms with van der Waals surface area (Å²) >= 11 is 1.75. The molecule has 2 aliphatic rings. The molecule has 2 aliphatic heterocycles. The lowest BCUT2D eigenvalue weighted by Crippen LogP contribution is -1.88. The van der Waals surface area contributed by atoms with E-state index in [0.717, 1.165) is 78.2 Å². The van der Waals surface area contributed by atoms with Gasteiger partial charge in [-0.05, 0) is 94.4 Å². The van der Waals surface area contributed by atoms with Gasteiger partial charge in [0, 0.05) is 43.6 Å². The maximum absolute atomic E-state index is 5.31. The molecule has 0 aliphatic carbocycles. The van der Waals surface area contributed by atoms with Gasteiger partial charge < -0.3 is 9.97 Å². The van der Waals surface area contributed by atoms with Crippen molar-refractivity contribution in [1.82, 2.24) is 19.9 Å². The van der Waals surface area contributed by atoms with E-state index in [0.29, 0.717) is 0 Å². The van der Waals surface area contributed by atoms with Gasteiger partial charge >= 0.3 is 0 Å². The Morgan fingerprint density at radius 1 is 0.426 bits per heavy atom. The highest BCUT2D eigenvalue weighted by molar-refractivity contribution is 7.13. The number of aromatic nitrogens is 4. The van der Waals surface area contributed by atoms with Crippen molar-refractivity contribution in [2.75, 3.05) is 0 Å². The number of H-pyrrole nitrogens is 2. The van der Waals surface area contributed by atoms with Gasteiger partial charge in [-0.15, -0.1) is 11.3 Å². The summed E-state index contributed by atoms with van der Waals surface area (Å²) in [4.78, 5) is 19.2. The van der Waals surface area contributed by atoms with Crippen LogP contribution in [-0.2, 0) is 0 Å². The molecule has 6 heterocycles. The third-order valence-electron chi connectivity index (χ3n) is 8.66. The molecular formula is C42H28N4S. The number of aromatic amines is 2. The zero-order valence-corrected chi connectivity index (χ0v) is 26.1. The van der Waals surface area contributed by atoms with E-state index in [1.165, 1.54) is 10.4 Å². The van der Waals surface area contributed by atoms with Crippen molar-refractivity contribution in [3.05, 3.63) is 156 Å². The number of benzene rings is 3. The number of fused-ring (bicyclic) bond motifs is 8. The molecule has 5 heteroatoms. The second kappa shape index (κ2) is 11.4. The summed E-state index contributed by atoms with van der Waals surface area (Å²) in [5.41, 5.74) is 15.3. The van der Waals surface area contributed by atoms with E-state index in [2.05, 4.69) is 161 Å². The number of hydrogen-bond acceptors (Lipinski definition) is 3. The van der Waals surface area contributed by atoms with Crippen molar-refractivity contribution in [2.45, 2.75) is 0 Å². The third-order valence-corrected chi connectivity index (χ3v) is 9.58. The minimum atomic E-state index is 0.894. The largest absolute Gasteiger partial charge is 0.355 e. The van der Waals surface area contributed by atoms with Crippen molar-refractivity contribution in [3.8, 4) is 43.8 Å². The zero-order valence-electron chi connectivity index (χ0n) is 25.3. The molecule has 0 saturated heterocycles. The summed E-state index contributed by atoms with van der Waals surface area (Å²) in [6, 6.07) is 44.7. The highest BCUT2D eigenvalue weighted by Crippen LogP contribution is 2.37. The Hall–Kier alpha value is -6.04. The van der Waals surface area contributed by atoms with Crippen molar-refractivity contribution < 1.29 is 0 Å². The Labute approximate surface area is 276 Å². The van der Waals surface area contributed by atoms with Gasteiger partial charge in [0.1, 0.15) is 0 Å². The Balaban J connectivity index is 1.40. The lowest BCUT2D eigenvalue weighted by molar-refractivity contribution is 1.31. The van der Waals surface area contributed by atoms with Crippen molar-refractivity contribution in [1.29, 1.82) is 0 Å². The molecule has 0 fully saturated rings. The van der Waals surface area contributed by atoms with Gasteiger partial charge in [-0.2, -0.15) is 0 Å². The quantitative estimate of drug-likeness (QED) is 0.206. The van der Waals surface area contributed by atoms with E-state index in [-0.39, 0.29) is 0 Å². The smallest absolute Gasteiger partial charge is 0.0737 e. The van der Waals surface area contributed by atoms with E-state index >= 15 is 0 Å². The highest BCUT2D eigenvalue weighted by atomic mass is 32.1. The third kappa shape index (κ3) is 5.03. The Bertz CT molecular complexity index is 2500. The van der Waals surface area contributed by atoms with E-state index < -0.39 is 0 Å². The summed E-state index contributed by atoms with van der Waals surface area (Å²) < 4.78 is 0. The molecule has 9 rings (SSSR count). The SMILES string of the molecule is C1=Cc2nc1cc1ccc([nH]1)c(-c1ccccc1)c1nc(c(-c3ccccc3)c3ccc([nH]3)c2-c2cccc(-c3cccs3)c2)C=C1. The van der Waals surface area contributed by atoms with Crippen LogP contribution in [0.2, 0.25) is 0 Å². The molecule has 222 valence electrons. The van der Waals surface area contributed by atoms with Gasteiger partial charge in [0.15, 0.2) is 0 Å². The predicted octanol–water partition coefficient (Wildman–Crippen LogP) is 11.4. The van der Waals surface area contributed by atoms with Gasteiger partial charge in [-0.1, -0.05) is 84.9 Å². The first-order chi connectivity index (χ1) is 23.3. The molecule has 0 unspecified atom stereocenters. The lowest BCUT2D eigenvalue weighted by Gasteiger charge is -2.07. The first kappa shape index (κ1) is 27.3. The summed E-state index contributed by atoms with van der Waals surface area (Å²) in [5, 5.41) is 2.12. The minimum absolute atomic E-state index is 0.894. The van der Waals surface area contributed by atoms with Gasteiger partial charge in [-0.3, -0.25) is 0 Å². The van der Waals surface area contributed by atoms with Crippen LogP contribution < -0.4 is 0 Å². The number of thiophene rings is 1. The fraction of sp³-hybridized carbons (Fsp3) is 0. The normalized spacial score (nSPS) is 12.1. The predicted molar refractivity (Wildman–Crippen MR) is 198 cm³/mol. The Morgan fingerprint density at radius 3 is 1.68 bits per heavy atom. The minimum Gasteiger partial charge on any atom is -0.355 e. The molecule has 0 radical (unpaired) electrons. The van der Waals surface area contributed by atoms with Crippen molar-refractivity contribution >= 4 is 57.7 Å². The molecule has 47 heavy (non-hydrogen) atoms. The molecule has 7 aromatic rings. The summed E-state index contributed by atoms with van der Waals surface area (Å²) in [5.74, 6) is 0. The van der Waals surface area contributed by atoms with E-state index in [9.17, 15) is 0 Å². The monoisotopic (exact) mass is 620 g/mol. The Morgan fingerprint density at radius 2 is 1.00 bits per heavy atom. The van der Waals surface area contributed by atoms with Crippen LogP contribution in [0.1, 0.15) is 22.8 Å². The number of rotatable bonds is 4. The molecule has 0 amide bonds. The number of nitrogens with one attached hydrogen (secondary N) is 2. The van der Waals surface area contributed by atoms with Crippen LogP contribution in [0.15, 0.2) is 133 Å². The fourth-order valence-electron chi connectivity index (χ4n) is 6.53. The second-order valence-corrected chi connectivity index (χ2v) is 12.6. The van der Waals surface area contributed by atoms with Crippen LogP contribution in [0.3, 0.4) is 0 Å². The molecular weight excluding hydrogens is 593 g/mol. The van der Waals surface area contributed by atoms with Gasteiger partial charge in [-0.25, -0.2) is 9.97 Å². The van der Waals surface area contributed by atoms with Crippen molar-refractivity contribution in [3.63, 3.8) is 0 Å². The summed E-state index contributed by atoms with van der Waals surface area (Å²) in [6.07, 6.45) is 8.48. The topological polar surface area (TPSA) is 57.4 Å². The molecule has 2 N–H and O–H groups in total. The lowest BCUT2D eigenvalue weighted by atomic mass is 10.0. The second-order valence-electron chi connectivity index (χ2n) is 11.6. The zero-order chi connectivity index (χ0) is 31.2. The molecule has 0 spiro atoms. The van der Waals surface area contributed by atoms with Gasteiger partial charge in [0.05, 0.1) is 22.8 Å². The molecule has 4 nitrogen and oxygen atoms in total. The fourth-order valence-corrected chi connectivity index (χ4v) is 7.25. The van der Waals surface area contributed by atoms with Crippen LogP contribution in [0, 0.1) is 0 Å². The maximum atomic E-state index is 5.31. The van der Waals surface area contributed by atoms with Crippen LogP contribution in [0.4, 0.5) is 0 Å². The van der Waals surface area contributed by atoms with Crippen LogP contribution in [0.25, 0.3) is 90.2 Å². The maximum Gasteiger partial charge on any atom is 0.0737 e. The average Bonchev–Trinajstić information content (AvgIpc) is 3.96. The van der Waals surface area contributed by atoms with Crippen molar-refractivity contribution in [2.24, 2.45) is 0 Å². The molecule has 0 atom stereocenters. The molecule has 3 aromatic carbocycles. The summed E-state index contributed by atoms with van der Waals surface area (Å²) in [7, 11) is 0. The Kier molecular flexibility index (Phi) is 6.61. The van der Waals surface area contributed by atoms with E-state index in [1.807, 2.05) is 6.07 Å². The van der Waals surface area contributed by atoms with Crippen LogP contribution in [-0.4, -0.2) is 19.9 Å². The van der Waals surface area contributed by atoms with E-state index in [1.54, 1.807) is 11.3 Å². The standard InChI is InChI=1S/C42H28N4S/c1-3-9-27(10-4-1)40-33-18-16-31(43-33)26-32-17-19-34(44-32)42(30-14-7-13-29(25-30)39-15-8-24-47-39)38-23-22-37(46-38)41(28-11-5-2-6-12-28)36-21-20-35(40)45-36/h1-26,43,46H. The average molecular weight is 621 g/mol. The van der Waals surface area contributed by atoms with Gasteiger partial charge in [0.25, 0.3) is 0 Å². The van der Waals surface area contributed by atoms with E-state index in [4.69, 9.17) is 9.97 Å². The first-order valence-corrected chi connectivity index (χ1v) is 16.5. The molecule has 4 aromatic heterocycles. The van der Waals surface area contributed by atoms with Crippen LogP contribution >= 0.6 is 11.3 Å².